The first-order chi connectivity index (χ1) is 7.05. The lowest BCUT2D eigenvalue weighted by atomic mass is 10.1. The van der Waals surface area contributed by atoms with E-state index in [0.29, 0.717) is 18.8 Å². The van der Waals surface area contributed by atoms with Gasteiger partial charge in [0.25, 0.3) is 0 Å². The summed E-state index contributed by atoms with van der Waals surface area (Å²) in [5, 5.41) is 2.72. The van der Waals surface area contributed by atoms with Crippen LogP contribution in [-0.4, -0.2) is 12.4 Å². The van der Waals surface area contributed by atoms with Crippen LogP contribution in [0.1, 0.15) is 12.0 Å². The number of anilines is 1. The van der Waals surface area contributed by atoms with Gasteiger partial charge < -0.3 is 5.32 Å². The molecule has 0 fully saturated rings. The molecule has 0 saturated heterocycles. The van der Waals surface area contributed by atoms with E-state index < -0.39 is 11.7 Å². The predicted molar refractivity (Wildman–Crippen MR) is 55.3 cm³/mol. The fourth-order valence-corrected chi connectivity index (χ4v) is 1.31. The number of benzene rings is 1. The minimum Gasteiger partial charge on any atom is -0.385 e. The lowest BCUT2D eigenvalue weighted by Crippen LogP contribution is -2.11. The first-order valence-electron chi connectivity index (χ1n) is 4.52. The Morgan fingerprint density at radius 3 is 2.47 bits per heavy atom. The van der Waals surface area contributed by atoms with Crippen LogP contribution in [0, 0.1) is 0 Å². The largest absolute Gasteiger partial charge is 0.418 e. The quantitative estimate of drug-likeness (QED) is 0.621. The van der Waals surface area contributed by atoms with Gasteiger partial charge in [0, 0.05) is 18.1 Å². The van der Waals surface area contributed by atoms with Crippen molar-refractivity contribution in [1.29, 1.82) is 0 Å². The van der Waals surface area contributed by atoms with E-state index in [4.69, 9.17) is 11.6 Å². The minimum absolute atomic E-state index is 0.107. The molecule has 1 N–H and O–H groups in total. The zero-order valence-corrected chi connectivity index (χ0v) is 8.70. The zero-order chi connectivity index (χ0) is 11.3. The number of alkyl halides is 4. The average Bonchev–Trinajstić information content (AvgIpc) is 2.17. The highest BCUT2D eigenvalue weighted by Crippen LogP contribution is 2.34. The van der Waals surface area contributed by atoms with E-state index in [0.717, 1.165) is 6.07 Å². The first-order valence-corrected chi connectivity index (χ1v) is 5.05. The molecule has 0 bridgehead atoms. The van der Waals surface area contributed by atoms with Gasteiger partial charge in [0.15, 0.2) is 0 Å². The van der Waals surface area contributed by atoms with Gasteiger partial charge in [0.05, 0.1) is 5.56 Å². The van der Waals surface area contributed by atoms with E-state index in [2.05, 4.69) is 5.32 Å². The van der Waals surface area contributed by atoms with E-state index in [-0.39, 0.29) is 5.69 Å². The Balaban J connectivity index is 2.78. The Morgan fingerprint density at radius 1 is 1.20 bits per heavy atom. The van der Waals surface area contributed by atoms with Crippen LogP contribution in [0.25, 0.3) is 0 Å². The van der Waals surface area contributed by atoms with E-state index in [9.17, 15) is 13.2 Å². The van der Waals surface area contributed by atoms with Gasteiger partial charge in [-0.25, -0.2) is 0 Å². The van der Waals surface area contributed by atoms with Gasteiger partial charge in [-0.15, -0.1) is 11.6 Å². The first kappa shape index (κ1) is 12.2. The van der Waals surface area contributed by atoms with Crippen LogP contribution in [0.4, 0.5) is 18.9 Å². The second-order valence-corrected chi connectivity index (χ2v) is 3.39. The van der Waals surface area contributed by atoms with Crippen molar-refractivity contribution in [3.05, 3.63) is 29.8 Å². The number of hydrogen-bond acceptors (Lipinski definition) is 1. The molecule has 84 valence electrons. The Labute approximate surface area is 91.2 Å². The Morgan fingerprint density at radius 2 is 1.87 bits per heavy atom. The van der Waals surface area contributed by atoms with Crippen LogP contribution in [0.3, 0.4) is 0 Å². The third-order valence-corrected chi connectivity index (χ3v) is 2.13. The van der Waals surface area contributed by atoms with Gasteiger partial charge in [0.2, 0.25) is 0 Å². The Bertz CT molecular complexity index is 312. The normalized spacial score (nSPS) is 11.5. The maximum absolute atomic E-state index is 12.5. The second-order valence-electron chi connectivity index (χ2n) is 3.01. The van der Waals surface area contributed by atoms with Crippen molar-refractivity contribution in [2.24, 2.45) is 0 Å². The maximum atomic E-state index is 12.5. The molecule has 1 rings (SSSR count). The van der Waals surface area contributed by atoms with Crippen molar-refractivity contribution in [1.82, 2.24) is 0 Å². The van der Waals surface area contributed by atoms with Crippen molar-refractivity contribution < 1.29 is 13.2 Å². The standard InChI is InChI=1S/C10H11ClF3N/c11-6-3-7-15-9-5-2-1-4-8(9)10(12,13)14/h1-2,4-5,15H,3,6-7H2. The lowest BCUT2D eigenvalue weighted by molar-refractivity contribution is -0.136. The van der Waals surface area contributed by atoms with E-state index in [1.165, 1.54) is 12.1 Å². The molecule has 0 heterocycles. The molecular weight excluding hydrogens is 227 g/mol. The summed E-state index contributed by atoms with van der Waals surface area (Å²) in [5.41, 5.74) is -0.533. The van der Waals surface area contributed by atoms with Crippen molar-refractivity contribution in [3.8, 4) is 0 Å². The van der Waals surface area contributed by atoms with Gasteiger partial charge in [-0.05, 0) is 18.6 Å². The molecule has 5 heteroatoms. The highest BCUT2D eigenvalue weighted by molar-refractivity contribution is 6.17. The van der Waals surface area contributed by atoms with Crippen LogP contribution in [0.2, 0.25) is 0 Å². The number of nitrogens with one attached hydrogen (secondary N) is 1. The highest BCUT2D eigenvalue weighted by Gasteiger charge is 2.32. The molecule has 0 spiro atoms. The number of halogens is 4. The van der Waals surface area contributed by atoms with E-state index >= 15 is 0 Å². The molecule has 0 amide bonds. The molecule has 15 heavy (non-hydrogen) atoms. The molecule has 1 aromatic rings. The number of rotatable bonds is 4. The molecule has 0 aromatic heterocycles. The fourth-order valence-electron chi connectivity index (χ4n) is 1.17. The van der Waals surface area contributed by atoms with Gasteiger partial charge >= 0.3 is 6.18 Å². The number of hydrogen-bond donors (Lipinski definition) is 1. The monoisotopic (exact) mass is 237 g/mol. The van der Waals surface area contributed by atoms with Crippen LogP contribution in [0.5, 0.6) is 0 Å². The molecule has 0 aliphatic heterocycles. The molecule has 0 saturated carbocycles. The summed E-state index contributed by atoms with van der Waals surface area (Å²) in [7, 11) is 0. The van der Waals surface area contributed by atoms with Gasteiger partial charge in [0.1, 0.15) is 0 Å². The lowest BCUT2D eigenvalue weighted by Gasteiger charge is -2.13. The average molecular weight is 238 g/mol. The molecule has 1 nitrogen and oxygen atoms in total. The summed E-state index contributed by atoms with van der Waals surface area (Å²) in [6, 6.07) is 5.41. The SMILES string of the molecule is FC(F)(F)c1ccccc1NCCCCl. The minimum atomic E-state index is -4.31. The highest BCUT2D eigenvalue weighted by atomic mass is 35.5. The summed E-state index contributed by atoms with van der Waals surface area (Å²) in [6.07, 6.45) is -3.68. The van der Waals surface area contributed by atoms with Gasteiger partial charge in [-0.2, -0.15) is 13.2 Å². The van der Waals surface area contributed by atoms with E-state index in [1.807, 2.05) is 0 Å². The molecule has 0 aliphatic carbocycles. The van der Waals surface area contributed by atoms with Crippen LogP contribution in [-0.2, 0) is 6.18 Å². The Kier molecular flexibility index (Phi) is 4.27. The van der Waals surface area contributed by atoms with Crippen LogP contribution in [0.15, 0.2) is 24.3 Å². The summed E-state index contributed by atoms with van der Waals surface area (Å²) >= 11 is 5.44. The smallest absolute Gasteiger partial charge is 0.385 e. The van der Waals surface area contributed by atoms with E-state index in [1.54, 1.807) is 6.07 Å². The maximum Gasteiger partial charge on any atom is 0.418 e. The summed E-state index contributed by atoms with van der Waals surface area (Å²) in [4.78, 5) is 0. The second kappa shape index (κ2) is 5.26. The summed E-state index contributed by atoms with van der Waals surface area (Å²) in [6.45, 7) is 0.441. The molecule has 0 aliphatic rings. The molecule has 1 aromatic carbocycles. The van der Waals surface area contributed by atoms with Crippen molar-refractivity contribution >= 4 is 17.3 Å². The predicted octanol–water partition coefficient (Wildman–Crippen LogP) is 3.75. The fraction of sp³-hybridized carbons (Fsp3) is 0.400. The van der Waals surface area contributed by atoms with Gasteiger partial charge in [-0.1, -0.05) is 12.1 Å². The third-order valence-electron chi connectivity index (χ3n) is 1.86. The van der Waals surface area contributed by atoms with Gasteiger partial charge in [-0.3, -0.25) is 0 Å². The summed E-state index contributed by atoms with van der Waals surface area (Å²) in [5.74, 6) is 0.432. The third kappa shape index (κ3) is 3.63. The van der Waals surface area contributed by atoms with Crippen molar-refractivity contribution in [2.75, 3.05) is 17.7 Å². The summed E-state index contributed by atoms with van der Waals surface area (Å²) < 4.78 is 37.5. The zero-order valence-electron chi connectivity index (χ0n) is 7.94. The Hall–Kier alpha value is -0.900. The van der Waals surface area contributed by atoms with Crippen molar-refractivity contribution in [2.45, 2.75) is 12.6 Å². The molecule has 0 radical (unpaired) electrons. The molecular formula is C10H11ClF3N. The number of para-hydroxylation sites is 1. The van der Waals surface area contributed by atoms with Crippen LogP contribution >= 0.6 is 11.6 Å². The molecule has 0 unspecified atom stereocenters. The van der Waals surface area contributed by atoms with Crippen LogP contribution < -0.4 is 5.32 Å². The molecule has 0 atom stereocenters. The van der Waals surface area contributed by atoms with Crippen molar-refractivity contribution in [3.63, 3.8) is 0 Å². The topological polar surface area (TPSA) is 12.0 Å².